The van der Waals surface area contributed by atoms with Crippen LogP contribution in [0.25, 0.3) is 0 Å². The van der Waals surface area contributed by atoms with Gasteiger partial charge in [-0.25, -0.2) is 9.49 Å². The van der Waals surface area contributed by atoms with Gasteiger partial charge >= 0.3 is 0 Å². The van der Waals surface area contributed by atoms with Crippen LogP contribution in [0.3, 0.4) is 0 Å². The number of fused-ring (bicyclic) bond motifs is 1. The van der Waals surface area contributed by atoms with Gasteiger partial charge in [0, 0.05) is 17.7 Å². The minimum Gasteiger partial charge on any atom is -0.489 e. The van der Waals surface area contributed by atoms with Gasteiger partial charge in [0.25, 0.3) is 0 Å². The second kappa shape index (κ2) is 4.49. The minimum atomic E-state index is -0.229. The topological polar surface area (TPSA) is 76.8 Å². The number of nitrogens with two attached hydrogens (primary N) is 1. The molecule has 1 aliphatic rings. The van der Waals surface area contributed by atoms with E-state index >= 15 is 0 Å². The zero-order chi connectivity index (χ0) is 12.5. The van der Waals surface area contributed by atoms with E-state index < -0.39 is 0 Å². The zero-order valence-electron chi connectivity index (χ0n) is 9.39. The first-order valence-electron chi connectivity index (χ1n) is 5.46. The van der Waals surface area contributed by atoms with Crippen LogP contribution in [0.2, 0.25) is 0 Å². The third kappa shape index (κ3) is 2.26. The number of aromatic nitrogens is 3. The molecule has 18 heavy (non-hydrogen) atoms. The molecule has 3 N–H and O–H groups in total. The fourth-order valence-electron chi connectivity index (χ4n) is 1.87. The van der Waals surface area contributed by atoms with Crippen molar-refractivity contribution in [3.8, 4) is 5.75 Å². The molecular formula is C11H11FN4OS. The predicted octanol–water partition coefficient (Wildman–Crippen LogP) is 1.62. The van der Waals surface area contributed by atoms with E-state index in [9.17, 15) is 4.39 Å². The van der Waals surface area contributed by atoms with Gasteiger partial charge in [-0.15, -0.1) is 5.10 Å². The Morgan fingerprint density at radius 3 is 3.22 bits per heavy atom. The van der Waals surface area contributed by atoms with E-state index in [1.54, 1.807) is 6.07 Å². The highest BCUT2D eigenvalue weighted by Gasteiger charge is 2.23. The Labute approximate surface area is 107 Å². The molecule has 1 aromatic heterocycles. The lowest BCUT2D eigenvalue weighted by atomic mass is 10.1. The molecule has 5 nitrogen and oxygen atoms in total. The molecule has 7 heteroatoms. The molecule has 0 fully saturated rings. The van der Waals surface area contributed by atoms with Crippen molar-refractivity contribution in [1.82, 2.24) is 15.2 Å². The monoisotopic (exact) mass is 266 g/mol. The second-order valence-corrected chi connectivity index (χ2v) is 5.00. The highest BCUT2D eigenvalue weighted by molar-refractivity contribution is 7.99. The molecule has 94 valence electrons. The molecule has 0 bridgehead atoms. The third-order valence-corrected chi connectivity index (χ3v) is 3.62. The molecule has 1 unspecified atom stereocenters. The molecule has 0 saturated heterocycles. The van der Waals surface area contributed by atoms with Gasteiger partial charge in [0.2, 0.25) is 11.1 Å². The van der Waals surface area contributed by atoms with Crippen LogP contribution in [0.1, 0.15) is 5.56 Å². The zero-order valence-corrected chi connectivity index (χ0v) is 10.2. The van der Waals surface area contributed by atoms with Gasteiger partial charge in [0.05, 0.1) is 0 Å². The van der Waals surface area contributed by atoms with Crippen molar-refractivity contribution in [3.63, 3.8) is 0 Å². The molecule has 1 aliphatic heterocycles. The van der Waals surface area contributed by atoms with E-state index in [1.165, 1.54) is 23.9 Å². The van der Waals surface area contributed by atoms with Gasteiger partial charge in [-0.3, -0.25) is 0 Å². The highest BCUT2D eigenvalue weighted by atomic mass is 32.2. The number of hydrogen-bond acceptors (Lipinski definition) is 5. The molecule has 0 amide bonds. The maximum absolute atomic E-state index is 13.0. The SMILES string of the molecule is Nc1nc(SCC2Cc3cc(F)ccc3O2)n[nH]1. The quantitative estimate of drug-likeness (QED) is 0.826. The number of H-pyrrole nitrogens is 1. The average Bonchev–Trinajstić information content (AvgIpc) is 2.92. The molecule has 0 saturated carbocycles. The minimum absolute atomic E-state index is 0.0199. The lowest BCUT2D eigenvalue weighted by molar-refractivity contribution is 0.259. The van der Waals surface area contributed by atoms with Crippen LogP contribution in [0.15, 0.2) is 23.4 Å². The summed E-state index contributed by atoms with van der Waals surface area (Å²) in [6, 6.07) is 4.59. The Balaban J connectivity index is 1.61. The third-order valence-electron chi connectivity index (χ3n) is 2.64. The van der Waals surface area contributed by atoms with Crippen molar-refractivity contribution >= 4 is 17.7 Å². The highest BCUT2D eigenvalue weighted by Crippen LogP contribution is 2.31. The van der Waals surface area contributed by atoms with Crippen molar-refractivity contribution < 1.29 is 9.13 Å². The fraction of sp³-hybridized carbons (Fsp3) is 0.273. The molecule has 2 aromatic rings. The molecule has 0 radical (unpaired) electrons. The Kier molecular flexibility index (Phi) is 2.83. The second-order valence-electron chi connectivity index (χ2n) is 4.01. The number of anilines is 1. The summed E-state index contributed by atoms with van der Waals surface area (Å²) in [5.41, 5.74) is 6.34. The van der Waals surface area contributed by atoms with E-state index in [0.29, 0.717) is 23.3 Å². The number of benzene rings is 1. The number of hydrogen-bond donors (Lipinski definition) is 2. The van der Waals surface area contributed by atoms with E-state index in [2.05, 4.69) is 15.2 Å². The average molecular weight is 266 g/mol. The molecule has 1 atom stereocenters. The standard InChI is InChI=1S/C11H11FN4OS/c12-7-1-2-9-6(3-7)4-8(17-9)5-18-11-14-10(13)15-16-11/h1-3,8H,4-5H2,(H3,13,14,15,16). The van der Waals surface area contributed by atoms with Crippen molar-refractivity contribution in [1.29, 1.82) is 0 Å². The number of nitrogens with zero attached hydrogens (tertiary/aromatic N) is 2. The summed E-state index contributed by atoms with van der Waals surface area (Å²) < 4.78 is 18.7. The molecule has 3 rings (SSSR count). The molecule has 0 spiro atoms. The number of nitrogens with one attached hydrogen (secondary N) is 1. The van der Waals surface area contributed by atoms with E-state index in [4.69, 9.17) is 10.5 Å². The van der Waals surface area contributed by atoms with Gasteiger partial charge in [-0.2, -0.15) is 4.98 Å². The molecule has 2 heterocycles. The van der Waals surface area contributed by atoms with Gasteiger partial charge in [0.1, 0.15) is 17.7 Å². The van der Waals surface area contributed by atoms with E-state index in [1.807, 2.05) is 0 Å². The molecular weight excluding hydrogens is 255 g/mol. The first kappa shape index (κ1) is 11.3. The van der Waals surface area contributed by atoms with Crippen LogP contribution in [0.4, 0.5) is 10.3 Å². The Morgan fingerprint density at radius 1 is 1.56 bits per heavy atom. The summed E-state index contributed by atoms with van der Waals surface area (Å²) in [6.45, 7) is 0. The summed E-state index contributed by atoms with van der Waals surface area (Å²) >= 11 is 1.46. The lowest BCUT2D eigenvalue weighted by Crippen LogP contribution is -2.15. The maximum atomic E-state index is 13.0. The first-order chi connectivity index (χ1) is 8.70. The smallest absolute Gasteiger partial charge is 0.216 e. The summed E-state index contributed by atoms with van der Waals surface area (Å²) in [5.74, 6) is 1.53. The van der Waals surface area contributed by atoms with Gasteiger partial charge in [-0.05, 0) is 18.2 Å². The van der Waals surface area contributed by atoms with E-state index in [0.717, 1.165) is 11.3 Å². The Bertz CT molecular complexity index is 574. The summed E-state index contributed by atoms with van der Waals surface area (Å²) in [5, 5.41) is 7.10. The van der Waals surface area contributed by atoms with Crippen molar-refractivity contribution in [2.24, 2.45) is 0 Å². The fourth-order valence-corrected chi connectivity index (χ4v) is 2.67. The number of thioether (sulfide) groups is 1. The summed E-state index contributed by atoms with van der Waals surface area (Å²) in [6.07, 6.45) is 0.728. The van der Waals surface area contributed by atoms with Crippen molar-refractivity contribution in [2.75, 3.05) is 11.5 Å². The first-order valence-corrected chi connectivity index (χ1v) is 6.45. The number of ether oxygens (including phenoxy) is 1. The van der Waals surface area contributed by atoms with Gasteiger partial charge in [-0.1, -0.05) is 11.8 Å². The van der Waals surface area contributed by atoms with Crippen molar-refractivity contribution in [3.05, 3.63) is 29.6 Å². The number of nitrogen functional groups attached to an aromatic ring is 1. The van der Waals surface area contributed by atoms with Crippen LogP contribution < -0.4 is 10.5 Å². The Hall–Kier alpha value is -1.76. The summed E-state index contributed by atoms with van der Waals surface area (Å²) in [7, 11) is 0. The number of halogens is 1. The van der Waals surface area contributed by atoms with Crippen LogP contribution in [-0.4, -0.2) is 27.0 Å². The molecule has 0 aliphatic carbocycles. The molecule has 1 aromatic carbocycles. The van der Waals surface area contributed by atoms with Crippen LogP contribution in [0, 0.1) is 5.82 Å². The van der Waals surface area contributed by atoms with Gasteiger partial charge < -0.3 is 10.5 Å². The van der Waals surface area contributed by atoms with Crippen LogP contribution >= 0.6 is 11.8 Å². The normalized spacial score (nSPS) is 17.5. The largest absolute Gasteiger partial charge is 0.489 e. The van der Waals surface area contributed by atoms with Crippen LogP contribution in [-0.2, 0) is 6.42 Å². The maximum Gasteiger partial charge on any atom is 0.216 e. The predicted molar refractivity (Wildman–Crippen MR) is 66.0 cm³/mol. The Morgan fingerprint density at radius 2 is 2.44 bits per heavy atom. The lowest BCUT2D eigenvalue weighted by Gasteiger charge is -2.07. The summed E-state index contributed by atoms with van der Waals surface area (Å²) in [4.78, 5) is 3.99. The van der Waals surface area contributed by atoms with Crippen molar-refractivity contribution in [2.45, 2.75) is 17.7 Å². The van der Waals surface area contributed by atoms with Crippen LogP contribution in [0.5, 0.6) is 5.75 Å². The van der Waals surface area contributed by atoms with E-state index in [-0.39, 0.29) is 11.9 Å². The number of aromatic amines is 1. The number of rotatable bonds is 3. The van der Waals surface area contributed by atoms with Gasteiger partial charge in [0.15, 0.2) is 0 Å².